The van der Waals surface area contributed by atoms with E-state index in [2.05, 4.69) is 20.4 Å². The number of anilines is 2. The van der Waals surface area contributed by atoms with Crippen molar-refractivity contribution in [2.45, 2.75) is 12.8 Å². The van der Waals surface area contributed by atoms with Crippen LogP contribution in [0.15, 0.2) is 30.3 Å². The summed E-state index contributed by atoms with van der Waals surface area (Å²) in [6.45, 7) is 1.48. The topological polar surface area (TPSA) is 58.1 Å². The molecule has 8 heteroatoms. The van der Waals surface area contributed by atoms with Crippen molar-refractivity contribution in [3.63, 3.8) is 0 Å². The lowest BCUT2D eigenvalue weighted by Gasteiger charge is -2.31. The Hall–Kier alpha value is -1.56. The Morgan fingerprint density at radius 2 is 1.71 bits per heavy atom. The number of rotatable bonds is 3. The molecule has 0 atom stereocenters. The molecule has 0 aliphatic carbocycles. The molecule has 0 spiro atoms. The number of piperidine rings is 1. The summed E-state index contributed by atoms with van der Waals surface area (Å²) >= 11 is 17.7. The van der Waals surface area contributed by atoms with Crippen molar-refractivity contribution in [3.8, 4) is 0 Å². The first-order chi connectivity index (χ1) is 11.5. The number of hydrogen-bond donors (Lipinski definition) is 1. The fraction of sp³-hybridized carbons (Fsp3) is 0.312. The van der Waals surface area contributed by atoms with Crippen molar-refractivity contribution < 1.29 is 4.79 Å². The SMILES string of the molecule is O=C(Nc1cc(Cl)cc(Cl)c1)C1CCN(c2ccc(Cl)nn2)CC1. The Morgan fingerprint density at radius 1 is 1.04 bits per heavy atom. The van der Waals surface area contributed by atoms with Crippen LogP contribution in [0, 0.1) is 5.92 Å². The first-order valence-electron chi connectivity index (χ1n) is 7.52. The van der Waals surface area contributed by atoms with Gasteiger partial charge in [0.1, 0.15) is 0 Å². The van der Waals surface area contributed by atoms with Crippen LogP contribution >= 0.6 is 34.8 Å². The molecule has 0 radical (unpaired) electrons. The highest BCUT2D eigenvalue weighted by Gasteiger charge is 2.26. The first-order valence-corrected chi connectivity index (χ1v) is 8.66. The molecule has 1 aliphatic rings. The first kappa shape index (κ1) is 17.3. The quantitative estimate of drug-likeness (QED) is 0.856. The number of hydrogen-bond acceptors (Lipinski definition) is 4. The van der Waals surface area contributed by atoms with Gasteiger partial charge in [-0.05, 0) is 43.2 Å². The van der Waals surface area contributed by atoms with E-state index in [-0.39, 0.29) is 11.8 Å². The van der Waals surface area contributed by atoms with E-state index in [0.29, 0.717) is 20.9 Å². The van der Waals surface area contributed by atoms with Crippen LogP contribution in [0.4, 0.5) is 11.5 Å². The largest absolute Gasteiger partial charge is 0.355 e. The van der Waals surface area contributed by atoms with Gasteiger partial charge in [-0.2, -0.15) is 0 Å². The average molecular weight is 386 g/mol. The highest BCUT2D eigenvalue weighted by Crippen LogP contribution is 2.26. The molecular formula is C16H15Cl3N4O. The molecule has 1 fully saturated rings. The maximum Gasteiger partial charge on any atom is 0.227 e. The summed E-state index contributed by atoms with van der Waals surface area (Å²) < 4.78 is 0. The van der Waals surface area contributed by atoms with Gasteiger partial charge in [0, 0.05) is 34.7 Å². The molecule has 1 N–H and O–H groups in total. The molecule has 1 aromatic carbocycles. The van der Waals surface area contributed by atoms with E-state index in [0.717, 1.165) is 31.7 Å². The zero-order chi connectivity index (χ0) is 17.1. The molecule has 1 saturated heterocycles. The molecule has 3 rings (SSSR count). The average Bonchev–Trinajstić information content (AvgIpc) is 2.55. The lowest BCUT2D eigenvalue weighted by molar-refractivity contribution is -0.120. The van der Waals surface area contributed by atoms with Gasteiger partial charge < -0.3 is 10.2 Å². The van der Waals surface area contributed by atoms with Crippen molar-refractivity contribution >= 4 is 52.2 Å². The van der Waals surface area contributed by atoms with E-state index in [1.165, 1.54) is 0 Å². The summed E-state index contributed by atoms with van der Waals surface area (Å²) in [5.74, 6) is 0.703. The molecule has 0 bridgehead atoms. The normalized spacial score (nSPS) is 15.4. The lowest BCUT2D eigenvalue weighted by atomic mass is 9.96. The van der Waals surface area contributed by atoms with Crippen molar-refractivity contribution in [2.24, 2.45) is 5.92 Å². The third kappa shape index (κ3) is 4.29. The van der Waals surface area contributed by atoms with Crippen LogP contribution in [0.5, 0.6) is 0 Å². The van der Waals surface area contributed by atoms with Crippen LogP contribution in [0.25, 0.3) is 0 Å². The van der Waals surface area contributed by atoms with Gasteiger partial charge in [0.25, 0.3) is 0 Å². The minimum atomic E-state index is -0.0562. The van der Waals surface area contributed by atoms with Gasteiger partial charge in [0.15, 0.2) is 11.0 Å². The summed E-state index contributed by atoms with van der Waals surface area (Å²) in [6.07, 6.45) is 1.48. The van der Waals surface area contributed by atoms with Gasteiger partial charge in [0.05, 0.1) is 0 Å². The maximum atomic E-state index is 12.4. The fourth-order valence-corrected chi connectivity index (χ4v) is 3.35. The molecule has 2 heterocycles. The predicted molar refractivity (Wildman–Crippen MR) is 97.1 cm³/mol. The van der Waals surface area contributed by atoms with E-state index in [4.69, 9.17) is 34.8 Å². The summed E-state index contributed by atoms with van der Waals surface area (Å²) in [5.41, 5.74) is 0.614. The summed E-state index contributed by atoms with van der Waals surface area (Å²) in [6, 6.07) is 8.55. The van der Waals surface area contributed by atoms with Crippen molar-refractivity contribution in [2.75, 3.05) is 23.3 Å². The zero-order valence-corrected chi connectivity index (χ0v) is 14.9. The van der Waals surface area contributed by atoms with Crippen LogP contribution < -0.4 is 10.2 Å². The number of nitrogens with zero attached hydrogens (tertiary/aromatic N) is 3. The van der Waals surface area contributed by atoms with Crippen LogP contribution in [0.2, 0.25) is 15.2 Å². The third-order valence-electron chi connectivity index (χ3n) is 3.94. The third-order valence-corrected chi connectivity index (χ3v) is 4.58. The van der Waals surface area contributed by atoms with Gasteiger partial charge >= 0.3 is 0 Å². The summed E-state index contributed by atoms with van der Waals surface area (Å²) in [4.78, 5) is 14.5. The summed E-state index contributed by atoms with van der Waals surface area (Å²) in [5, 5.41) is 12.2. The number of benzene rings is 1. The molecule has 2 aromatic rings. The summed E-state index contributed by atoms with van der Waals surface area (Å²) in [7, 11) is 0. The molecule has 1 aliphatic heterocycles. The smallest absolute Gasteiger partial charge is 0.227 e. The van der Waals surface area contributed by atoms with E-state index in [1.807, 2.05) is 6.07 Å². The Bertz CT molecular complexity index is 710. The molecule has 0 unspecified atom stereocenters. The Balaban J connectivity index is 1.57. The van der Waals surface area contributed by atoms with Gasteiger partial charge in [-0.1, -0.05) is 34.8 Å². The standard InChI is InChI=1S/C16H15Cl3N4O/c17-11-7-12(18)9-13(8-11)20-16(24)10-3-5-23(6-4-10)15-2-1-14(19)21-22-15/h1-2,7-10H,3-6H2,(H,20,24). The van der Waals surface area contributed by atoms with Gasteiger partial charge in [-0.15, -0.1) is 10.2 Å². The van der Waals surface area contributed by atoms with Crippen LogP contribution in [0.1, 0.15) is 12.8 Å². The van der Waals surface area contributed by atoms with Crippen LogP contribution in [-0.4, -0.2) is 29.2 Å². The predicted octanol–water partition coefficient (Wildman–Crippen LogP) is 4.29. The Morgan fingerprint density at radius 3 is 2.29 bits per heavy atom. The van der Waals surface area contributed by atoms with Crippen molar-refractivity contribution in [1.82, 2.24) is 10.2 Å². The van der Waals surface area contributed by atoms with E-state index in [9.17, 15) is 4.79 Å². The second-order valence-electron chi connectivity index (χ2n) is 5.62. The number of aromatic nitrogens is 2. The zero-order valence-electron chi connectivity index (χ0n) is 12.7. The second-order valence-corrected chi connectivity index (χ2v) is 6.88. The van der Waals surface area contributed by atoms with Crippen LogP contribution in [0.3, 0.4) is 0 Å². The monoisotopic (exact) mass is 384 g/mol. The highest BCUT2D eigenvalue weighted by molar-refractivity contribution is 6.35. The molecule has 126 valence electrons. The minimum absolute atomic E-state index is 0.0184. The van der Waals surface area contributed by atoms with Gasteiger partial charge in [-0.3, -0.25) is 4.79 Å². The minimum Gasteiger partial charge on any atom is -0.355 e. The Kier molecular flexibility index (Phi) is 5.43. The van der Waals surface area contributed by atoms with Gasteiger partial charge in [0.2, 0.25) is 5.91 Å². The Labute approximate surface area is 154 Å². The van der Waals surface area contributed by atoms with Crippen molar-refractivity contribution in [1.29, 1.82) is 0 Å². The number of nitrogens with one attached hydrogen (secondary N) is 1. The number of carbonyl (C=O) groups excluding carboxylic acids is 1. The molecule has 24 heavy (non-hydrogen) atoms. The molecule has 1 amide bonds. The molecule has 1 aromatic heterocycles. The molecule has 5 nitrogen and oxygen atoms in total. The van der Waals surface area contributed by atoms with E-state index >= 15 is 0 Å². The van der Waals surface area contributed by atoms with Crippen molar-refractivity contribution in [3.05, 3.63) is 45.5 Å². The maximum absolute atomic E-state index is 12.4. The second kappa shape index (κ2) is 7.55. The number of halogens is 3. The van der Waals surface area contributed by atoms with E-state index in [1.54, 1.807) is 24.3 Å². The fourth-order valence-electron chi connectivity index (χ4n) is 2.72. The number of amides is 1. The van der Waals surface area contributed by atoms with Gasteiger partial charge in [-0.25, -0.2) is 0 Å². The lowest BCUT2D eigenvalue weighted by Crippen LogP contribution is -2.38. The number of carbonyl (C=O) groups is 1. The molecule has 0 saturated carbocycles. The highest BCUT2D eigenvalue weighted by atomic mass is 35.5. The van der Waals surface area contributed by atoms with E-state index < -0.39 is 0 Å². The molecular weight excluding hydrogens is 371 g/mol. The van der Waals surface area contributed by atoms with Crippen LogP contribution in [-0.2, 0) is 4.79 Å².